The lowest BCUT2D eigenvalue weighted by Crippen LogP contribution is -2.33. The van der Waals surface area contributed by atoms with Crippen LogP contribution in [0.15, 0.2) is 18.2 Å². The second-order valence-electron chi connectivity index (χ2n) is 5.48. The van der Waals surface area contributed by atoms with Crippen LogP contribution in [-0.2, 0) is 9.47 Å². The molecule has 1 saturated carbocycles. The Hall–Kier alpha value is -0.320. The van der Waals surface area contributed by atoms with E-state index >= 15 is 0 Å². The van der Waals surface area contributed by atoms with Gasteiger partial charge in [-0.25, -0.2) is 0 Å². The van der Waals surface area contributed by atoms with Crippen LogP contribution in [0.3, 0.4) is 0 Å². The molecular formula is C15H18Cl2O3. The SMILES string of the molecule is OCC1OC2(CCCCC2)OC1c1c(Cl)cccc1Cl. The van der Waals surface area contributed by atoms with Crippen molar-refractivity contribution in [1.29, 1.82) is 0 Å². The van der Waals surface area contributed by atoms with Crippen molar-refractivity contribution in [2.45, 2.75) is 50.1 Å². The van der Waals surface area contributed by atoms with Gasteiger partial charge in [-0.2, -0.15) is 0 Å². The molecule has 1 N–H and O–H groups in total. The van der Waals surface area contributed by atoms with Crippen LogP contribution in [0.4, 0.5) is 0 Å². The van der Waals surface area contributed by atoms with E-state index in [9.17, 15) is 5.11 Å². The summed E-state index contributed by atoms with van der Waals surface area (Å²) in [5.41, 5.74) is 0.720. The second-order valence-corrected chi connectivity index (χ2v) is 6.30. The number of ether oxygens (including phenoxy) is 2. The van der Waals surface area contributed by atoms with Gasteiger partial charge in [0.1, 0.15) is 12.2 Å². The van der Waals surface area contributed by atoms with Gasteiger partial charge in [-0.1, -0.05) is 35.7 Å². The first-order valence-corrected chi connectivity index (χ1v) is 7.81. The quantitative estimate of drug-likeness (QED) is 0.892. The van der Waals surface area contributed by atoms with Gasteiger partial charge in [0.15, 0.2) is 5.79 Å². The smallest absolute Gasteiger partial charge is 0.169 e. The molecule has 3 rings (SSSR count). The van der Waals surface area contributed by atoms with Gasteiger partial charge in [0, 0.05) is 28.5 Å². The maximum atomic E-state index is 9.60. The molecule has 0 amide bonds. The minimum atomic E-state index is -0.571. The molecule has 5 heteroatoms. The van der Waals surface area contributed by atoms with Gasteiger partial charge in [0.25, 0.3) is 0 Å². The van der Waals surface area contributed by atoms with Gasteiger partial charge in [0.2, 0.25) is 0 Å². The standard InChI is InChI=1S/C15H18Cl2O3/c16-10-5-4-6-11(17)13(10)14-12(9-18)19-15(20-14)7-2-1-3-8-15/h4-6,12,14,18H,1-3,7-9H2. The summed E-state index contributed by atoms with van der Waals surface area (Å²) in [5.74, 6) is -0.571. The lowest BCUT2D eigenvalue weighted by Gasteiger charge is -2.32. The second kappa shape index (κ2) is 5.82. The fraction of sp³-hybridized carbons (Fsp3) is 0.600. The Bertz CT molecular complexity index is 466. The summed E-state index contributed by atoms with van der Waals surface area (Å²) in [5, 5.41) is 10.7. The largest absolute Gasteiger partial charge is 0.394 e. The van der Waals surface area contributed by atoms with Gasteiger partial charge >= 0.3 is 0 Å². The van der Waals surface area contributed by atoms with E-state index in [-0.39, 0.29) is 6.61 Å². The highest BCUT2D eigenvalue weighted by molar-refractivity contribution is 6.36. The normalized spacial score (nSPS) is 28.9. The summed E-state index contributed by atoms with van der Waals surface area (Å²) in [6, 6.07) is 5.37. The van der Waals surface area contributed by atoms with Crippen LogP contribution in [0.25, 0.3) is 0 Å². The van der Waals surface area contributed by atoms with E-state index in [1.807, 2.05) is 0 Å². The zero-order chi connectivity index (χ0) is 14.2. The molecule has 110 valence electrons. The van der Waals surface area contributed by atoms with E-state index in [0.717, 1.165) is 31.2 Å². The first-order valence-electron chi connectivity index (χ1n) is 7.06. The van der Waals surface area contributed by atoms with Gasteiger partial charge < -0.3 is 14.6 Å². The van der Waals surface area contributed by atoms with Gasteiger partial charge in [0.05, 0.1) is 6.61 Å². The third-order valence-electron chi connectivity index (χ3n) is 4.13. The number of benzene rings is 1. The Morgan fingerprint density at radius 2 is 1.75 bits per heavy atom. The monoisotopic (exact) mass is 316 g/mol. The highest BCUT2D eigenvalue weighted by Crippen LogP contribution is 2.48. The number of aliphatic hydroxyl groups excluding tert-OH is 1. The molecule has 1 spiro atoms. The predicted molar refractivity (Wildman–Crippen MR) is 78.1 cm³/mol. The molecule has 2 aliphatic rings. The average molecular weight is 317 g/mol. The first-order chi connectivity index (χ1) is 9.65. The van der Waals surface area contributed by atoms with E-state index in [2.05, 4.69) is 0 Å². The number of halogens is 2. The molecule has 0 bridgehead atoms. The lowest BCUT2D eigenvalue weighted by atomic mass is 9.94. The minimum Gasteiger partial charge on any atom is -0.394 e. The zero-order valence-electron chi connectivity index (χ0n) is 11.1. The van der Waals surface area contributed by atoms with Crippen LogP contribution in [-0.4, -0.2) is 23.6 Å². The van der Waals surface area contributed by atoms with Crippen LogP contribution in [0.2, 0.25) is 10.0 Å². The van der Waals surface area contributed by atoms with Crippen LogP contribution in [0.1, 0.15) is 43.8 Å². The summed E-state index contributed by atoms with van der Waals surface area (Å²) in [6.07, 6.45) is 4.28. The summed E-state index contributed by atoms with van der Waals surface area (Å²) < 4.78 is 12.2. The van der Waals surface area contributed by atoms with Crippen LogP contribution in [0.5, 0.6) is 0 Å². The molecular weight excluding hydrogens is 299 g/mol. The zero-order valence-corrected chi connectivity index (χ0v) is 12.7. The van der Waals surface area contributed by atoms with Crippen LogP contribution < -0.4 is 0 Å². The Balaban J connectivity index is 1.92. The molecule has 1 aromatic rings. The highest BCUT2D eigenvalue weighted by atomic mass is 35.5. The molecule has 2 fully saturated rings. The fourth-order valence-corrected chi connectivity index (χ4v) is 3.77. The van der Waals surface area contributed by atoms with Crippen molar-refractivity contribution in [3.05, 3.63) is 33.8 Å². The van der Waals surface area contributed by atoms with Crippen molar-refractivity contribution in [3.63, 3.8) is 0 Å². The summed E-state index contributed by atoms with van der Waals surface area (Å²) in [7, 11) is 0. The maximum absolute atomic E-state index is 9.60. The summed E-state index contributed by atoms with van der Waals surface area (Å²) >= 11 is 12.5. The van der Waals surface area contributed by atoms with E-state index in [1.54, 1.807) is 18.2 Å². The minimum absolute atomic E-state index is 0.103. The highest BCUT2D eigenvalue weighted by Gasteiger charge is 2.49. The van der Waals surface area contributed by atoms with E-state index in [4.69, 9.17) is 32.7 Å². The molecule has 3 nitrogen and oxygen atoms in total. The van der Waals surface area contributed by atoms with Crippen LogP contribution in [0, 0.1) is 0 Å². The summed E-state index contributed by atoms with van der Waals surface area (Å²) in [4.78, 5) is 0. The Labute approximate surface area is 128 Å². The van der Waals surface area contributed by atoms with Crippen molar-refractivity contribution in [2.24, 2.45) is 0 Å². The van der Waals surface area contributed by atoms with E-state index in [0.29, 0.717) is 10.0 Å². The number of hydrogen-bond donors (Lipinski definition) is 1. The topological polar surface area (TPSA) is 38.7 Å². The molecule has 1 heterocycles. The fourth-order valence-electron chi connectivity index (χ4n) is 3.16. The molecule has 0 radical (unpaired) electrons. The van der Waals surface area contributed by atoms with Crippen molar-refractivity contribution in [2.75, 3.05) is 6.61 Å². The number of aliphatic hydroxyl groups is 1. The Morgan fingerprint density at radius 3 is 2.35 bits per heavy atom. The van der Waals surface area contributed by atoms with E-state index in [1.165, 1.54) is 6.42 Å². The van der Waals surface area contributed by atoms with E-state index < -0.39 is 18.0 Å². The molecule has 2 atom stereocenters. The molecule has 1 saturated heterocycles. The average Bonchev–Trinajstić information content (AvgIpc) is 2.78. The van der Waals surface area contributed by atoms with Crippen molar-refractivity contribution in [1.82, 2.24) is 0 Å². The molecule has 1 aromatic carbocycles. The Kier molecular flexibility index (Phi) is 4.25. The maximum Gasteiger partial charge on any atom is 0.169 e. The summed E-state index contributed by atoms with van der Waals surface area (Å²) in [6.45, 7) is -0.103. The van der Waals surface area contributed by atoms with Gasteiger partial charge in [-0.05, 0) is 25.0 Å². The number of rotatable bonds is 2. The predicted octanol–water partition coefficient (Wildman–Crippen LogP) is 4.10. The van der Waals surface area contributed by atoms with Gasteiger partial charge in [-0.15, -0.1) is 0 Å². The van der Waals surface area contributed by atoms with Crippen molar-refractivity contribution >= 4 is 23.2 Å². The molecule has 20 heavy (non-hydrogen) atoms. The first kappa shape index (κ1) is 14.6. The number of hydrogen-bond acceptors (Lipinski definition) is 3. The molecule has 2 unspecified atom stereocenters. The third kappa shape index (κ3) is 2.58. The van der Waals surface area contributed by atoms with Crippen LogP contribution >= 0.6 is 23.2 Å². The third-order valence-corrected chi connectivity index (χ3v) is 4.78. The molecule has 0 aromatic heterocycles. The van der Waals surface area contributed by atoms with Crippen molar-refractivity contribution in [3.8, 4) is 0 Å². The molecule has 1 aliphatic heterocycles. The Morgan fingerprint density at radius 1 is 1.10 bits per heavy atom. The molecule has 1 aliphatic carbocycles. The van der Waals surface area contributed by atoms with Gasteiger partial charge in [-0.3, -0.25) is 0 Å². The lowest BCUT2D eigenvalue weighted by molar-refractivity contribution is -0.196. The van der Waals surface area contributed by atoms with Crippen molar-refractivity contribution < 1.29 is 14.6 Å².